The molecule has 2 heterocycles. The molecule has 148 valence electrons. The molecule has 6 heteroatoms. The average molecular weight is 380 g/mol. The molecule has 1 aromatic heterocycles. The Balaban J connectivity index is 1.35. The van der Waals surface area contributed by atoms with Crippen molar-refractivity contribution in [2.24, 2.45) is 5.92 Å². The van der Waals surface area contributed by atoms with Crippen molar-refractivity contribution in [3.05, 3.63) is 54.4 Å². The molecule has 1 saturated carbocycles. The lowest BCUT2D eigenvalue weighted by Crippen LogP contribution is -2.51. The number of aromatic nitrogens is 2. The molecule has 0 spiro atoms. The summed E-state index contributed by atoms with van der Waals surface area (Å²) in [7, 11) is 0. The topological polar surface area (TPSA) is 52.6 Å². The third kappa shape index (κ3) is 4.68. The summed E-state index contributed by atoms with van der Waals surface area (Å²) in [5, 5.41) is 0. The van der Waals surface area contributed by atoms with Gasteiger partial charge in [-0.3, -0.25) is 9.69 Å². The molecule has 1 aliphatic heterocycles. The van der Waals surface area contributed by atoms with Crippen LogP contribution in [-0.4, -0.2) is 64.4 Å². The van der Waals surface area contributed by atoms with E-state index in [0.717, 1.165) is 32.1 Å². The lowest BCUT2D eigenvalue weighted by atomic mass is 10.1. The van der Waals surface area contributed by atoms with Gasteiger partial charge in [0.2, 0.25) is 11.9 Å². The van der Waals surface area contributed by atoms with E-state index in [2.05, 4.69) is 43.7 Å². The van der Waals surface area contributed by atoms with Gasteiger partial charge in [-0.1, -0.05) is 30.3 Å². The van der Waals surface area contributed by atoms with Crippen LogP contribution in [0.1, 0.15) is 25.3 Å². The zero-order valence-corrected chi connectivity index (χ0v) is 16.6. The van der Waals surface area contributed by atoms with E-state index in [1.54, 1.807) is 12.4 Å². The monoisotopic (exact) mass is 379 g/mol. The smallest absolute Gasteiger partial charge is 0.237 e. The Morgan fingerprint density at radius 1 is 1.07 bits per heavy atom. The van der Waals surface area contributed by atoms with E-state index in [1.807, 2.05) is 24.3 Å². The summed E-state index contributed by atoms with van der Waals surface area (Å²) in [5.74, 6) is 1.69. The predicted octanol–water partition coefficient (Wildman–Crippen LogP) is 2.43. The molecule has 2 aliphatic rings. The molecule has 1 amide bonds. The van der Waals surface area contributed by atoms with Gasteiger partial charge < -0.3 is 9.80 Å². The molecule has 2 aromatic rings. The van der Waals surface area contributed by atoms with Gasteiger partial charge in [0.25, 0.3) is 0 Å². The molecule has 0 unspecified atom stereocenters. The number of rotatable bonds is 7. The highest BCUT2D eigenvalue weighted by Crippen LogP contribution is 2.35. The van der Waals surface area contributed by atoms with Crippen molar-refractivity contribution >= 4 is 11.9 Å². The second kappa shape index (κ2) is 8.69. The van der Waals surface area contributed by atoms with Crippen LogP contribution in [-0.2, 0) is 11.3 Å². The van der Waals surface area contributed by atoms with E-state index in [1.165, 1.54) is 18.4 Å². The van der Waals surface area contributed by atoms with Crippen LogP contribution in [0.3, 0.4) is 0 Å². The van der Waals surface area contributed by atoms with E-state index in [4.69, 9.17) is 0 Å². The highest BCUT2D eigenvalue weighted by Gasteiger charge is 2.35. The van der Waals surface area contributed by atoms with Crippen molar-refractivity contribution in [1.29, 1.82) is 0 Å². The van der Waals surface area contributed by atoms with E-state index < -0.39 is 0 Å². The minimum atomic E-state index is 0.243. The zero-order chi connectivity index (χ0) is 19.3. The Kier molecular flexibility index (Phi) is 5.86. The Bertz CT molecular complexity index is 757. The number of benzene rings is 1. The molecule has 4 rings (SSSR count). The molecule has 1 aliphatic carbocycles. The zero-order valence-electron chi connectivity index (χ0n) is 16.6. The molecule has 0 N–H and O–H groups in total. The average Bonchev–Trinajstić information content (AvgIpc) is 3.59. The summed E-state index contributed by atoms with van der Waals surface area (Å²) in [6.45, 7) is 6.84. The van der Waals surface area contributed by atoms with Crippen LogP contribution in [0.4, 0.5) is 5.95 Å². The van der Waals surface area contributed by atoms with Gasteiger partial charge in [0.1, 0.15) is 0 Å². The Morgan fingerprint density at radius 2 is 1.75 bits per heavy atom. The molecule has 1 atom stereocenters. The maximum atomic E-state index is 13.2. The van der Waals surface area contributed by atoms with Crippen molar-refractivity contribution in [3.63, 3.8) is 0 Å². The van der Waals surface area contributed by atoms with E-state index in [-0.39, 0.29) is 5.91 Å². The van der Waals surface area contributed by atoms with E-state index in [9.17, 15) is 4.79 Å². The first-order valence-electron chi connectivity index (χ1n) is 10.3. The maximum absolute atomic E-state index is 13.2. The van der Waals surface area contributed by atoms with Crippen molar-refractivity contribution in [2.45, 2.75) is 32.4 Å². The molecule has 0 bridgehead atoms. The first-order valence-corrected chi connectivity index (χ1v) is 10.3. The van der Waals surface area contributed by atoms with Gasteiger partial charge in [0, 0.05) is 51.2 Å². The number of piperazine rings is 1. The van der Waals surface area contributed by atoms with Gasteiger partial charge in [-0.05, 0) is 37.3 Å². The Labute approximate surface area is 167 Å². The second-order valence-corrected chi connectivity index (χ2v) is 7.90. The van der Waals surface area contributed by atoms with Gasteiger partial charge in [-0.2, -0.15) is 0 Å². The normalized spacial score (nSPS) is 18.7. The standard InChI is InChI=1S/C22H29N5O/c1-18(20-8-9-20)27(16-19-6-3-2-4-7-19)21(28)17-25-12-14-26(15-13-25)22-23-10-5-11-24-22/h2-7,10-11,18,20H,8-9,12-17H2,1H3/t18-/m1/s1. The van der Waals surface area contributed by atoms with Crippen molar-refractivity contribution in [1.82, 2.24) is 19.8 Å². The van der Waals surface area contributed by atoms with Crippen LogP contribution in [0.15, 0.2) is 48.8 Å². The largest absolute Gasteiger partial charge is 0.338 e. The van der Waals surface area contributed by atoms with Crippen molar-refractivity contribution < 1.29 is 4.79 Å². The maximum Gasteiger partial charge on any atom is 0.237 e. The highest BCUT2D eigenvalue weighted by atomic mass is 16.2. The van der Waals surface area contributed by atoms with E-state index in [0.29, 0.717) is 25.0 Å². The number of anilines is 1. The summed E-state index contributed by atoms with van der Waals surface area (Å²) in [6, 6.07) is 12.5. The molecule has 1 aromatic carbocycles. The van der Waals surface area contributed by atoms with Crippen LogP contribution in [0.2, 0.25) is 0 Å². The summed E-state index contributed by atoms with van der Waals surface area (Å²) in [4.78, 5) is 28.4. The summed E-state index contributed by atoms with van der Waals surface area (Å²) in [5.41, 5.74) is 1.20. The van der Waals surface area contributed by atoms with Gasteiger partial charge in [0.15, 0.2) is 0 Å². The number of carbonyl (C=O) groups is 1. The number of carbonyl (C=O) groups excluding carboxylic acids is 1. The lowest BCUT2D eigenvalue weighted by molar-refractivity contribution is -0.135. The second-order valence-electron chi connectivity index (χ2n) is 7.90. The first-order chi connectivity index (χ1) is 13.7. The molecular formula is C22H29N5O. The van der Waals surface area contributed by atoms with Crippen LogP contribution < -0.4 is 4.90 Å². The summed E-state index contributed by atoms with van der Waals surface area (Å²) >= 11 is 0. The number of hydrogen-bond acceptors (Lipinski definition) is 5. The van der Waals surface area contributed by atoms with Gasteiger partial charge in [-0.15, -0.1) is 0 Å². The third-order valence-electron chi connectivity index (χ3n) is 5.88. The molecule has 28 heavy (non-hydrogen) atoms. The highest BCUT2D eigenvalue weighted by molar-refractivity contribution is 5.78. The fourth-order valence-electron chi connectivity index (χ4n) is 3.92. The van der Waals surface area contributed by atoms with Crippen LogP contribution >= 0.6 is 0 Å². The SMILES string of the molecule is C[C@H](C1CC1)N(Cc1ccccc1)C(=O)CN1CCN(c2ncccn2)CC1. The van der Waals surface area contributed by atoms with Crippen molar-refractivity contribution in [2.75, 3.05) is 37.6 Å². The molecule has 6 nitrogen and oxygen atoms in total. The number of hydrogen-bond donors (Lipinski definition) is 0. The van der Waals surface area contributed by atoms with Crippen LogP contribution in [0, 0.1) is 5.92 Å². The van der Waals surface area contributed by atoms with E-state index >= 15 is 0 Å². The van der Waals surface area contributed by atoms with Gasteiger partial charge in [-0.25, -0.2) is 9.97 Å². The minimum absolute atomic E-state index is 0.243. The van der Waals surface area contributed by atoms with Gasteiger partial charge in [0.05, 0.1) is 6.54 Å². The molecular weight excluding hydrogens is 350 g/mol. The van der Waals surface area contributed by atoms with Crippen molar-refractivity contribution in [3.8, 4) is 0 Å². The van der Waals surface area contributed by atoms with Gasteiger partial charge >= 0.3 is 0 Å². The summed E-state index contributed by atoms with van der Waals surface area (Å²) in [6.07, 6.45) is 6.04. The first kappa shape index (κ1) is 18.9. The summed E-state index contributed by atoms with van der Waals surface area (Å²) < 4.78 is 0. The van der Waals surface area contributed by atoms with Crippen LogP contribution in [0.5, 0.6) is 0 Å². The Morgan fingerprint density at radius 3 is 2.39 bits per heavy atom. The molecule has 0 radical (unpaired) electrons. The van der Waals surface area contributed by atoms with Crippen LogP contribution in [0.25, 0.3) is 0 Å². The fourth-order valence-corrected chi connectivity index (χ4v) is 3.92. The fraction of sp³-hybridized carbons (Fsp3) is 0.500. The number of nitrogens with zero attached hydrogens (tertiary/aromatic N) is 5. The number of amides is 1. The quantitative estimate of drug-likeness (QED) is 0.740. The predicted molar refractivity (Wildman–Crippen MR) is 110 cm³/mol. The lowest BCUT2D eigenvalue weighted by Gasteiger charge is -2.36. The third-order valence-corrected chi connectivity index (χ3v) is 5.88. The molecule has 2 fully saturated rings. The molecule has 1 saturated heterocycles. The minimum Gasteiger partial charge on any atom is -0.338 e. The Hall–Kier alpha value is -2.47.